The van der Waals surface area contributed by atoms with E-state index in [-0.39, 0.29) is 0 Å². The van der Waals surface area contributed by atoms with Gasteiger partial charge in [-0.15, -0.1) is 5.53 Å². The van der Waals surface area contributed by atoms with Crippen LogP contribution >= 0.6 is 0 Å². The van der Waals surface area contributed by atoms with Crippen molar-refractivity contribution in [3.63, 3.8) is 0 Å². The third kappa shape index (κ3) is 1.82. The zero-order valence-corrected chi connectivity index (χ0v) is 10.9. The van der Waals surface area contributed by atoms with Gasteiger partial charge in [0.2, 0.25) is 0 Å². The van der Waals surface area contributed by atoms with Crippen molar-refractivity contribution >= 4 is 23.5 Å². The predicted molar refractivity (Wildman–Crippen MR) is 75.4 cm³/mol. The van der Waals surface area contributed by atoms with E-state index >= 15 is 0 Å². The second-order valence-electron chi connectivity index (χ2n) is 4.41. The number of nitrogens with zero attached hydrogens (tertiary/aromatic N) is 4. The van der Waals surface area contributed by atoms with Crippen molar-refractivity contribution in [3.05, 3.63) is 35.7 Å². The van der Waals surface area contributed by atoms with Gasteiger partial charge in [0, 0.05) is 5.70 Å². The molecule has 2 aliphatic rings. The molecule has 0 aliphatic carbocycles. The van der Waals surface area contributed by atoms with Crippen LogP contribution in [0, 0.1) is 10.9 Å². The third-order valence-electron chi connectivity index (χ3n) is 3.25. The first-order chi connectivity index (χ1) is 9.74. The monoisotopic (exact) mass is 270 g/mol. The Kier molecular flexibility index (Phi) is 2.92. The maximum Gasteiger partial charge on any atom is 0.140 e. The molecule has 0 fully saturated rings. The molecule has 0 aromatic heterocycles. The molecule has 102 valence electrons. The molecule has 4 N–H and O–H groups in total. The van der Waals surface area contributed by atoms with Gasteiger partial charge < -0.3 is 5.43 Å². The van der Waals surface area contributed by atoms with Crippen molar-refractivity contribution in [1.82, 2.24) is 16.0 Å². The Balaban J connectivity index is 2.16. The number of allylic oxidation sites excluding steroid dienone is 1. The van der Waals surface area contributed by atoms with Gasteiger partial charge in [-0.1, -0.05) is 17.4 Å². The van der Waals surface area contributed by atoms with Gasteiger partial charge in [-0.3, -0.25) is 10.4 Å². The predicted octanol–water partition coefficient (Wildman–Crippen LogP) is 2.04. The molecule has 1 aromatic rings. The SMILES string of the molecule is CC1=C2CC(N(C=N)N=N)=Nc3ccccc3N2NN1. The summed E-state index contributed by atoms with van der Waals surface area (Å²) in [5, 5.41) is 13.7. The Morgan fingerprint density at radius 2 is 2.25 bits per heavy atom. The van der Waals surface area contributed by atoms with E-state index < -0.39 is 0 Å². The number of hydrazine groups is 2. The van der Waals surface area contributed by atoms with Crippen LogP contribution in [0.1, 0.15) is 13.3 Å². The molecule has 0 saturated heterocycles. The van der Waals surface area contributed by atoms with Crippen molar-refractivity contribution in [2.75, 3.05) is 5.01 Å². The van der Waals surface area contributed by atoms with Gasteiger partial charge >= 0.3 is 0 Å². The summed E-state index contributed by atoms with van der Waals surface area (Å²) in [4.78, 5) is 4.53. The lowest BCUT2D eigenvalue weighted by molar-refractivity contribution is 0.587. The minimum absolute atomic E-state index is 0.471. The average Bonchev–Trinajstić information content (AvgIpc) is 2.73. The number of para-hydroxylation sites is 2. The molecular formula is C12H14N8. The van der Waals surface area contributed by atoms with Crippen LogP contribution in [0.4, 0.5) is 11.4 Å². The van der Waals surface area contributed by atoms with Crippen LogP contribution in [-0.2, 0) is 0 Å². The first-order valence-corrected chi connectivity index (χ1v) is 6.10. The highest BCUT2D eigenvalue weighted by molar-refractivity contribution is 5.97. The van der Waals surface area contributed by atoms with Crippen LogP contribution < -0.4 is 16.0 Å². The van der Waals surface area contributed by atoms with Crippen molar-refractivity contribution < 1.29 is 0 Å². The fourth-order valence-electron chi connectivity index (χ4n) is 2.23. The molecule has 0 amide bonds. The third-order valence-corrected chi connectivity index (χ3v) is 3.25. The summed E-state index contributed by atoms with van der Waals surface area (Å²) in [5.74, 6) is 0.532. The molecule has 3 rings (SSSR count). The number of rotatable bonds is 2. The molecule has 8 heteroatoms. The summed E-state index contributed by atoms with van der Waals surface area (Å²) in [6, 6.07) is 7.69. The number of hydrogen-bond acceptors (Lipinski definition) is 7. The second kappa shape index (κ2) is 4.74. The first-order valence-electron chi connectivity index (χ1n) is 6.10. The molecule has 8 nitrogen and oxygen atoms in total. The highest BCUT2D eigenvalue weighted by Gasteiger charge is 2.28. The smallest absolute Gasteiger partial charge is 0.140 e. The van der Waals surface area contributed by atoms with Crippen LogP contribution in [0.2, 0.25) is 0 Å². The van der Waals surface area contributed by atoms with Crippen molar-refractivity contribution in [1.29, 1.82) is 10.9 Å². The molecule has 1 aromatic carbocycles. The van der Waals surface area contributed by atoms with E-state index in [1.54, 1.807) is 0 Å². The van der Waals surface area contributed by atoms with Crippen LogP contribution in [0.5, 0.6) is 0 Å². The molecule has 2 aliphatic heterocycles. The molecule has 0 bridgehead atoms. The first kappa shape index (κ1) is 12.3. The van der Waals surface area contributed by atoms with E-state index in [1.807, 2.05) is 36.2 Å². The van der Waals surface area contributed by atoms with Gasteiger partial charge in [0.1, 0.15) is 12.2 Å². The number of aliphatic imine (C=N–C) groups is 1. The quantitative estimate of drug-likeness (QED) is 0.286. The number of fused-ring (bicyclic) bond motifs is 3. The topological polar surface area (TPSA) is 103 Å². The summed E-state index contributed by atoms with van der Waals surface area (Å²) in [5.41, 5.74) is 16.9. The Morgan fingerprint density at radius 3 is 3.00 bits per heavy atom. The Labute approximate surface area is 115 Å². The zero-order valence-electron chi connectivity index (χ0n) is 10.9. The zero-order chi connectivity index (χ0) is 14.1. The Morgan fingerprint density at radius 1 is 1.45 bits per heavy atom. The lowest BCUT2D eigenvalue weighted by Crippen LogP contribution is -2.38. The van der Waals surface area contributed by atoms with E-state index in [9.17, 15) is 0 Å². The maximum absolute atomic E-state index is 7.34. The largest absolute Gasteiger partial charge is 0.306 e. The normalized spacial score (nSPS) is 16.6. The molecule has 0 atom stereocenters. The van der Waals surface area contributed by atoms with E-state index in [1.165, 1.54) is 0 Å². The number of benzene rings is 1. The molecule has 2 heterocycles. The van der Waals surface area contributed by atoms with Crippen molar-refractivity contribution in [2.24, 2.45) is 10.2 Å². The van der Waals surface area contributed by atoms with E-state index in [2.05, 4.69) is 21.2 Å². The van der Waals surface area contributed by atoms with Crippen LogP contribution in [0.25, 0.3) is 0 Å². The Hall–Kier alpha value is -2.74. The van der Waals surface area contributed by atoms with Gasteiger partial charge in [-0.25, -0.2) is 4.99 Å². The minimum Gasteiger partial charge on any atom is -0.306 e. The van der Waals surface area contributed by atoms with Crippen LogP contribution in [0.3, 0.4) is 0 Å². The number of hydrogen-bond donors (Lipinski definition) is 4. The number of amidine groups is 1. The molecule has 20 heavy (non-hydrogen) atoms. The van der Waals surface area contributed by atoms with E-state index in [0.717, 1.165) is 34.1 Å². The fraction of sp³-hybridized carbons (Fsp3) is 0.167. The molecule has 0 unspecified atom stereocenters. The molecular weight excluding hydrogens is 256 g/mol. The summed E-state index contributed by atoms with van der Waals surface area (Å²) in [6.07, 6.45) is 1.45. The van der Waals surface area contributed by atoms with Crippen LogP contribution in [-0.4, -0.2) is 17.2 Å². The number of anilines is 1. The van der Waals surface area contributed by atoms with Gasteiger partial charge in [-0.2, -0.15) is 10.5 Å². The highest BCUT2D eigenvalue weighted by Crippen LogP contribution is 2.36. The lowest BCUT2D eigenvalue weighted by Gasteiger charge is -2.20. The molecule has 0 spiro atoms. The second-order valence-corrected chi connectivity index (χ2v) is 4.41. The van der Waals surface area contributed by atoms with Gasteiger partial charge in [0.25, 0.3) is 0 Å². The highest BCUT2D eigenvalue weighted by atomic mass is 15.7. The maximum atomic E-state index is 7.34. The van der Waals surface area contributed by atoms with E-state index in [0.29, 0.717) is 12.3 Å². The average molecular weight is 270 g/mol. The summed E-state index contributed by atoms with van der Waals surface area (Å²) >= 11 is 0. The molecule has 0 radical (unpaired) electrons. The summed E-state index contributed by atoms with van der Waals surface area (Å²) < 4.78 is 0. The van der Waals surface area contributed by atoms with Gasteiger partial charge in [0.15, 0.2) is 0 Å². The van der Waals surface area contributed by atoms with Crippen molar-refractivity contribution in [3.8, 4) is 0 Å². The fourth-order valence-corrected chi connectivity index (χ4v) is 2.23. The molecule has 0 saturated carbocycles. The van der Waals surface area contributed by atoms with Gasteiger partial charge in [0.05, 0.1) is 23.5 Å². The lowest BCUT2D eigenvalue weighted by atomic mass is 10.2. The standard InChI is InChI=1S/C12H14N8/c1-8-11-6-12(19(7-13)17-14)15-9-4-2-3-5-10(9)20(11)18-16-8/h2-5,7,13-14,16,18H,6H2,1H3. The summed E-state index contributed by atoms with van der Waals surface area (Å²) in [6.45, 7) is 1.96. The minimum atomic E-state index is 0.471. The van der Waals surface area contributed by atoms with E-state index in [4.69, 9.17) is 10.9 Å². The number of nitrogens with one attached hydrogen (secondary N) is 4. The van der Waals surface area contributed by atoms with Gasteiger partial charge in [-0.05, 0) is 19.1 Å². The Bertz CT molecular complexity index is 624. The van der Waals surface area contributed by atoms with Crippen LogP contribution in [0.15, 0.2) is 45.9 Å². The van der Waals surface area contributed by atoms with Crippen molar-refractivity contribution in [2.45, 2.75) is 13.3 Å². The summed E-state index contributed by atoms with van der Waals surface area (Å²) in [7, 11) is 0.